The van der Waals surface area contributed by atoms with E-state index in [0.29, 0.717) is 6.61 Å². The molecule has 0 bridgehead atoms. The van der Waals surface area contributed by atoms with Gasteiger partial charge in [0.05, 0.1) is 11.5 Å². The van der Waals surface area contributed by atoms with Crippen LogP contribution >= 0.6 is 39.0 Å². The lowest BCUT2D eigenvalue weighted by molar-refractivity contribution is 0.344. The molecule has 0 aliphatic carbocycles. The van der Waals surface area contributed by atoms with Gasteiger partial charge in [-0.2, -0.15) is 0 Å². The molecule has 0 saturated carbocycles. The molecular weight excluding hydrogens is 442 g/mol. The number of para-hydroxylation sites is 1. The number of hydrogen-bond acceptors (Lipinski definition) is 5. The molecule has 4 nitrogen and oxygen atoms in total. The number of benzene rings is 2. The Balaban J connectivity index is 1.50. The summed E-state index contributed by atoms with van der Waals surface area (Å²) in [6, 6.07) is 22.2. The summed E-state index contributed by atoms with van der Waals surface area (Å²) in [5.74, 6) is 2.51. The molecule has 4 rings (SSSR count). The standard InChI is InChI=1S/C20H16BrN3OS2/c21-15-8-10-17(11-9-15)25-12-14-27-20-23-22-19(18-7-4-13-26-18)24(20)16-5-2-1-3-6-16/h1-11,13H,12,14H2. The van der Waals surface area contributed by atoms with Crippen LogP contribution in [0.4, 0.5) is 0 Å². The van der Waals surface area contributed by atoms with Crippen LogP contribution < -0.4 is 4.74 Å². The maximum atomic E-state index is 5.81. The van der Waals surface area contributed by atoms with Gasteiger partial charge in [0.2, 0.25) is 0 Å². The third-order valence-corrected chi connectivity index (χ3v) is 6.07. The zero-order chi connectivity index (χ0) is 18.5. The van der Waals surface area contributed by atoms with Crippen molar-refractivity contribution in [1.82, 2.24) is 14.8 Å². The van der Waals surface area contributed by atoms with Gasteiger partial charge < -0.3 is 4.74 Å². The Hall–Kier alpha value is -2.09. The number of thiophene rings is 1. The van der Waals surface area contributed by atoms with Gasteiger partial charge in [-0.25, -0.2) is 0 Å². The lowest BCUT2D eigenvalue weighted by Crippen LogP contribution is -2.03. The second-order valence-corrected chi connectivity index (χ2v) is 8.53. The highest BCUT2D eigenvalue weighted by molar-refractivity contribution is 9.10. The van der Waals surface area contributed by atoms with Gasteiger partial charge in [0, 0.05) is 15.9 Å². The molecule has 7 heteroatoms. The van der Waals surface area contributed by atoms with Gasteiger partial charge in [0.1, 0.15) is 5.75 Å². The predicted molar refractivity (Wildman–Crippen MR) is 115 cm³/mol. The minimum atomic E-state index is 0.599. The SMILES string of the molecule is Brc1ccc(OCCSc2nnc(-c3cccs3)n2-c2ccccc2)cc1. The number of halogens is 1. The van der Waals surface area contributed by atoms with Crippen LogP contribution in [-0.2, 0) is 0 Å². The highest BCUT2D eigenvalue weighted by Crippen LogP contribution is 2.30. The molecule has 0 atom stereocenters. The quantitative estimate of drug-likeness (QED) is 0.254. The predicted octanol–water partition coefficient (Wildman–Crippen LogP) is 5.93. The molecule has 0 aliphatic heterocycles. The summed E-state index contributed by atoms with van der Waals surface area (Å²) in [6.07, 6.45) is 0. The fraction of sp³-hybridized carbons (Fsp3) is 0.100. The van der Waals surface area contributed by atoms with E-state index in [9.17, 15) is 0 Å². The van der Waals surface area contributed by atoms with Gasteiger partial charge in [-0.05, 0) is 47.8 Å². The fourth-order valence-corrected chi connectivity index (χ4v) is 4.29. The van der Waals surface area contributed by atoms with Gasteiger partial charge in [-0.1, -0.05) is 52.0 Å². The van der Waals surface area contributed by atoms with E-state index in [-0.39, 0.29) is 0 Å². The second-order valence-electron chi connectivity index (χ2n) is 5.61. The minimum Gasteiger partial charge on any atom is -0.493 e. The first kappa shape index (κ1) is 18.3. The van der Waals surface area contributed by atoms with Crippen LogP contribution in [-0.4, -0.2) is 27.1 Å². The van der Waals surface area contributed by atoms with E-state index in [1.165, 1.54) is 0 Å². The Labute approximate surface area is 174 Å². The van der Waals surface area contributed by atoms with Gasteiger partial charge in [-0.15, -0.1) is 21.5 Å². The molecule has 0 aliphatic rings. The molecule has 2 heterocycles. The van der Waals surface area contributed by atoms with Crippen molar-refractivity contribution in [1.29, 1.82) is 0 Å². The number of rotatable bonds is 7. The van der Waals surface area contributed by atoms with E-state index in [4.69, 9.17) is 4.74 Å². The molecular formula is C20H16BrN3OS2. The average molecular weight is 458 g/mol. The molecule has 0 fully saturated rings. The molecule has 2 aromatic heterocycles. The van der Waals surface area contributed by atoms with E-state index in [2.05, 4.69) is 54.3 Å². The molecule has 0 spiro atoms. The molecule has 0 radical (unpaired) electrons. The van der Waals surface area contributed by atoms with Gasteiger partial charge in [-0.3, -0.25) is 4.57 Å². The first-order valence-corrected chi connectivity index (χ1v) is 11.0. The molecule has 0 unspecified atom stereocenters. The number of ether oxygens (including phenoxy) is 1. The lowest BCUT2D eigenvalue weighted by atomic mass is 10.3. The van der Waals surface area contributed by atoms with Crippen molar-refractivity contribution >= 4 is 39.0 Å². The normalized spacial score (nSPS) is 10.9. The molecule has 0 saturated heterocycles. The highest BCUT2D eigenvalue weighted by Gasteiger charge is 2.16. The van der Waals surface area contributed by atoms with Gasteiger partial charge in [0.15, 0.2) is 11.0 Å². The van der Waals surface area contributed by atoms with Crippen molar-refractivity contribution in [2.75, 3.05) is 12.4 Å². The summed E-state index contributed by atoms with van der Waals surface area (Å²) in [5, 5.41) is 11.8. The molecule has 4 aromatic rings. The van der Waals surface area contributed by atoms with Crippen LogP contribution in [0.2, 0.25) is 0 Å². The summed E-state index contributed by atoms with van der Waals surface area (Å²) >= 11 is 6.74. The van der Waals surface area contributed by atoms with Crippen LogP contribution in [0.5, 0.6) is 5.75 Å². The zero-order valence-electron chi connectivity index (χ0n) is 14.3. The van der Waals surface area contributed by atoms with Crippen LogP contribution in [0.1, 0.15) is 0 Å². The average Bonchev–Trinajstić information content (AvgIpc) is 3.37. The molecule has 0 N–H and O–H groups in total. The second kappa shape index (κ2) is 8.73. The van der Waals surface area contributed by atoms with Crippen LogP contribution in [0, 0.1) is 0 Å². The van der Waals surface area contributed by atoms with Crippen LogP contribution in [0.25, 0.3) is 16.4 Å². The smallest absolute Gasteiger partial charge is 0.196 e. The molecule has 27 heavy (non-hydrogen) atoms. The Bertz CT molecular complexity index is 986. The summed E-state index contributed by atoms with van der Waals surface area (Å²) in [4.78, 5) is 1.10. The van der Waals surface area contributed by atoms with Crippen molar-refractivity contribution in [3.63, 3.8) is 0 Å². The lowest BCUT2D eigenvalue weighted by Gasteiger charge is -2.10. The van der Waals surface area contributed by atoms with Crippen molar-refractivity contribution in [2.24, 2.45) is 0 Å². The van der Waals surface area contributed by atoms with E-state index in [0.717, 1.165) is 37.5 Å². The summed E-state index contributed by atoms with van der Waals surface area (Å²) in [6.45, 7) is 0.599. The topological polar surface area (TPSA) is 39.9 Å². The number of nitrogens with zero attached hydrogens (tertiary/aromatic N) is 3. The zero-order valence-corrected chi connectivity index (χ0v) is 17.5. The van der Waals surface area contributed by atoms with Crippen molar-refractivity contribution < 1.29 is 4.74 Å². The minimum absolute atomic E-state index is 0.599. The monoisotopic (exact) mass is 457 g/mol. The highest BCUT2D eigenvalue weighted by atomic mass is 79.9. The summed E-state index contributed by atoms with van der Waals surface area (Å²) < 4.78 is 8.96. The van der Waals surface area contributed by atoms with Gasteiger partial charge >= 0.3 is 0 Å². The number of hydrogen-bond donors (Lipinski definition) is 0. The fourth-order valence-electron chi connectivity index (χ4n) is 2.56. The first-order chi connectivity index (χ1) is 13.3. The Kier molecular flexibility index (Phi) is 5.91. The van der Waals surface area contributed by atoms with E-state index < -0.39 is 0 Å². The van der Waals surface area contributed by atoms with E-state index in [1.807, 2.05) is 48.5 Å². The Morgan fingerprint density at radius 2 is 1.78 bits per heavy atom. The Morgan fingerprint density at radius 3 is 2.52 bits per heavy atom. The van der Waals surface area contributed by atoms with Crippen LogP contribution in [0.3, 0.4) is 0 Å². The van der Waals surface area contributed by atoms with E-state index in [1.54, 1.807) is 23.1 Å². The first-order valence-electron chi connectivity index (χ1n) is 8.37. The molecule has 2 aromatic carbocycles. The maximum absolute atomic E-state index is 5.81. The maximum Gasteiger partial charge on any atom is 0.196 e. The largest absolute Gasteiger partial charge is 0.493 e. The van der Waals surface area contributed by atoms with Crippen molar-refractivity contribution in [2.45, 2.75) is 5.16 Å². The number of thioether (sulfide) groups is 1. The van der Waals surface area contributed by atoms with Crippen LogP contribution in [0.15, 0.2) is 81.7 Å². The van der Waals surface area contributed by atoms with Gasteiger partial charge in [0.25, 0.3) is 0 Å². The third kappa shape index (κ3) is 4.43. The Morgan fingerprint density at radius 1 is 0.963 bits per heavy atom. The van der Waals surface area contributed by atoms with Crippen molar-refractivity contribution in [3.8, 4) is 22.1 Å². The summed E-state index contributed by atoms with van der Waals surface area (Å²) in [7, 11) is 0. The molecule has 136 valence electrons. The van der Waals surface area contributed by atoms with E-state index >= 15 is 0 Å². The third-order valence-electron chi connectivity index (χ3n) is 3.79. The van der Waals surface area contributed by atoms with Crippen molar-refractivity contribution in [3.05, 3.63) is 76.6 Å². The number of aromatic nitrogens is 3. The molecule has 0 amide bonds. The summed E-state index contributed by atoms with van der Waals surface area (Å²) in [5.41, 5.74) is 1.06.